The number of halogens is 1. The van der Waals surface area contributed by atoms with Crippen LogP contribution in [0.25, 0.3) is 0 Å². The van der Waals surface area contributed by atoms with Crippen LogP contribution in [0.5, 0.6) is 0 Å². The van der Waals surface area contributed by atoms with Crippen LogP contribution >= 0.6 is 15.9 Å². The Labute approximate surface area is 128 Å². The highest BCUT2D eigenvalue weighted by Crippen LogP contribution is 2.49. The molecule has 2 fully saturated rings. The van der Waals surface area contributed by atoms with E-state index >= 15 is 0 Å². The van der Waals surface area contributed by atoms with Crippen molar-refractivity contribution in [2.24, 2.45) is 17.8 Å². The zero-order valence-corrected chi connectivity index (χ0v) is 13.7. The first-order valence-electron chi connectivity index (χ1n) is 7.52. The summed E-state index contributed by atoms with van der Waals surface area (Å²) in [6.07, 6.45) is 7.31. The third-order valence-electron chi connectivity index (χ3n) is 5.02. The van der Waals surface area contributed by atoms with Crippen molar-refractivity contribution in [2.45, 2.75) is 52.1 Å². The average molecular weight is 340 g/mol. The number of nitrogens with zero attached hydrogens (tertiary/aromatic N) is 2. The maximum atomic E-state index is 12.1. The fourth-order valence-electron chi connectivity index (χ4n) is 4.03. The van der Waals surface area contributed by atoms with Crippen LogP contribution in [0.1, 0.15) is 38.3 Å². The van der Waals surface area contributed by atoms with Gasteiger partial charge in [0.25, 0.3) is 0 Å². The van der Waals surface area contributed by atoms with Crippen molar-refractivity contribution in [3.63, 3.8) is 0 Å². The molecular weight excluding hydrogens is 318 g/mol. The monoisotopic (exact) mass is 339 g/mol. The van der Waals surface area contributed by atoms with E-state index in [9.17, 15) is 4.79 Å². The topological polar surface area (TPSA) is 46.9 Å². The number of fused-ring (bicyclic) bond motifs is 2. The van der Waals surface area contributed by atoms with E-state index in [1.165, 1.54) is 25.7 Å². The molecule has 1 aromatic heterocycles. The molecule has 0 radical (unpaired) electrons. The van der Waals surface area contributed by atoms with Gasteiger partial charge >= 0.3 is 0 Å². The second-order valence-corrected chi connectivity index (χ2v) is 7.31. The molecule has 4 atom stereocenters. The molecule has 1 amide bonds. The number of aryl methyl sites for hydroxylation is 1. The molecule has 0 unspecified atom stereocenters. The maximum Gasteiger partial charge on any atom is 0.241 e. The first kappa shape index (κ1) is 14.1. The SMILES string of the molecule is Cc1nn(CC(=O)N[C@H](C)[C@H]2C[C@H]3CC[C@H]2C3)cc1Br. The number of carbonyl (C=O) groups excluding carboxylic acids is 1. The number of aromatic nitrogens is 2. The minimum absolute atomic E-state index is 0.0651. The second kappa shape index (κ2) is 5.51. The van der Waals surface area contributed by atoms with Gasteiger partial charge < -0.3 is 5.32 Å². The molecule has 0 aliphatic heterocycles. The lowest BCUT2D eigenvalue weighted by Crippen LogP contribution is -2.41. The smallest absolute Gasteiger partial charge is 0.241 e. The summed E-state index contributed by atoms with van der Waals surface area (Å²) in [6, 6.07) is 0.290. The molecule has 1 N–H and O–H groups in total. The zero-order valence-electron chi connectivity index (χ0n) is 12.1. The summed E-state index contributed by atoms with van der Waals surface area (Å²) >= 11 is 3.42. The molecule has 0 aromatic carbocycles. The van der Waals surface area contributed by atoms with Crippen LogP contribution in [-0.4, -0.2) is 21.7 Å². The first-order chi connectivity index (χ1) is 9.52. The summed E-state index contributed by atoms with van der Waals surface area (Å²) in [5.41, 5.74) is 0.916. The highest BCUT2D eigenvalue weighted by atomic mass is 79.9. The summed E-state index contributed by atoms with van der Waals surface area (Å²) in [5, 5.41) is 7.47. The molecule has 3 rings (SSSR count). The average Bonchev–Trinajstić information content (AvgIpc) is 3.06. The van der Waals surface area contributed by atoms with Gasteiger partial charge in [0.2, 0.25) is 5.91 Å². The number of hydrogen-bond donors (Lipinski definition) is 1. The molecule has 2 aliphatic rings. The predicted octanol–water partition coefficient (Wildman–Crippen LogP) is 2.89. The largest absolute Gasteiger partial charge is 0.352 e. The molecule has 1 aromatic rings. The molecule has 0 spiro atoms. The lowest BCUT2D eigenvalue weighted by atomic mass is 9.84. The van der Waals surface area contributed by atoms with Gasteiger partial charge in [-0.15, -0.1) is 0 Å². The van der Waals surface area contributed by atoms with Crippen molar-refractivity contribution < 1.29 is 4.79 Å². The molecule has 110 valence electrons. The van der Waals surface area contributed by atoms with Crippen LogP contribution in [0.15, 0.2) is 10.7 Å². The highest BCUT2D eigenvalue weighted by molar-refractivity contribution is 9.10. The normalized spacial score (nSPS) is 29.6. The first-order valence-corrected chi connectivity index (χ1v) is 8.31. The molecule has 2 saturated carbocycles. The zero-order chi connectivity index (χ0) is 14.3. The van der Waals surface area contributed by atoms with Crippen molar-refractivity contribution in [1.82, 2.24) is 15.1 Å². The van der Waals surface area contributed by atoms with Gasteiger partial charge in [-0.05, 0) is 66.8 Å². The van der Waals surface area contributed by atoms with Crippen LogP contribution in [0.3, 0.4) is 0 Å². The van der Waals surface area contributed by atoms with E-state index in [0.29, 0.717) is 12.5 Å². The van der Waals surface area contributed by atoms with Crippen molar-refractivity contribution in [2.75, 3.05) is 0 Å². The maximum absolute atomic E-state index is 12.1. The third kappa shape index (κ3) is 2.78. The minimum atomic E-state index is 0.0651. The summed E-state index contributed by atoms with van der Waals surface area (Å²) < 4.78 is 2.65. The lowest BCUT2D eigenvalue weighted by Gasteiger charge is -2.28. The van der Waals surface area contributed by atoms with Crippen molar-refractivity contribution in [1.29, 1.82) is 0 Å². The summed E-state index contributed by atoms with van der Waals surface area (Å²) in [7, 11) is 0. The molecule has 2 aliphatic carbocycles. The predicted molar refractivity (Wildman–Crippen MR) is 81.2 cm³/mol. The van der Waals surface area contributed by atoms with Crippen molar-refractivity contribution in [3.05, 3.63) is 16.4 Å². The van der Waals surface area contributed by atoms with E-state index in [0.717, 1.165) is 22.0 Å². The summed E-state index contributed by atoms with van der Waals surface area (Å²) in [5.74, 6) is 2.52. The van der Waals surface area contributed by atoms with Crippen molar-refractivity contribution in [3.8, 4) is 0 Å². The Bertz CT molecular complexity index is 494. The number of nitrogens with one attached hydrogen (secondary N) is 1. The number of carbonyl (C=O) groups is 1. The van der Waals surface area contributed by atoms with E-state index in [2.05, 4.69) is 33.3 Å². The van der Waals surface area contributed by atoms with E-state index in [-0.39, 0.29) is 11.9 Å². The van der Waals surface area contributed by atoms with E-state index in [4.69, 9.17) is 0 Å². The van der Waals surface area contributed by atoms with Gasteiger partial charge in [-0.3, -0.25) is 9.48 Å². The van der Waals surface area contributed by atoms with Crippen LogP contribution in [0.4, 0.5) is 0 Å². The Morgan fingerprint density at radius 3 is 2.90 bits per heavy atom. The molecule has 2 bridgehead atoms. The van der Waals surface area contributed by atoms with Gasteiger partial charge in [-0.1, -0.05) is 6.42 Å². The highest BCUT2D eigenvalue weighted by Gasteiger charge is 2.42. The number of amides is 1. The fraction of sp³-hybridized carbons (Fsp3) is 0.733. The number of rotatable bonds is 4. The summed E-state index contributed by atoms with van der Waals surface area (Å²) in [6.45, 7) is 4.39. The van der Waals surface area contributed by atoms with Crippen LogP contribution in [0, 0.1) is 24.7 Å². The Morgan fingerprint density at radius 2 is 2.35 bits per heavy atom. The third-order valence-corrected chi connectivity index (χ3v) is 5.79. The molecule has 4 nitrogen and oxygen atoms in total. The van der Waals surface area contributed by atoms with Crippen LogP contribution in [0.2, 0.25) is 0 Å². The van der Waals surface area contributed by atoms with Gasteiger partial charge in [0.1, 0.15) is 6.54 Å². The molecule has 20 heavy (non-hydrogen) atoms. The standard InChI is InChI=1S/C15H22BrN3O/c1-9(13-6-11-3-4-12(13)5-11)17-15(20)8-19-7-14(16)10(2)18-19/h7,9,11-13H,3-6,8H2,1-2H3,(H,17,20)/t9-,11+,12+,13-/m1/s1. The van der Waals surface area contributed by atoms with Crippen LogP contribution < -0.4 is 5.32 Å². The molecule has 1 heterocycles. The summed E-state index contributed by atoms with van der Waals surface area (Å²) in [4.78, 5) is 12.1. The second-order valence-electron chi connectivity index (χ2n) is 6.45. The van der Waals surface area contributed by atoms with Gasteiger partial charge in [-0.2, -0.15) is 5.10 Å². The van der Waals surface area contributed by atoms with Crippen molar-refractivity contribution >= 4 is 21.8 Å². The number of hydrogen-bond acceptors (Lipinski definition) is 2. The quantitative estimate of drug-likeness (QED) is 0.916. The molecule has 0 saturated heterocycles. The fourth-order valence-corrected chi connectivity index (χ4v) is 4.35. The van der Waals surface area contributed by atoms with Gasteiger partial charge in [0.15, 0.2) is 0 Å². The Balaban J connectivity index is 1.53. The lowest BCUT2D eigenvalue weighted by molar-refractivity contribution is -0.122. The van der Waals surface area contributed by atoms with E-state index < -0.39 is 0 Å². The Hall–Kier alpha value is -0.840. The van der Waals surface area contributed by atoms with Crippen LogP contribution in [-0.2, 0) is 11.3 Å². The molecule has 5 heteroatoms. The minimum Gasteiger partial charge on any atom is -0.352 e. The van der Waals surface area contributed by atoms with E-state index in [1.54, 1.807) is 4.68 Å². The molecular formula is C15H22BrN3O. The van der Waals surface area contributed by atoms with Gasteiger partial charge in [0, 0.05) is 12.2 Å². The van der Waals surface area contributed by atoms with Gasteiger partial charge in [-0.25, -0.2) is 0 Å². The Kier molecular flexibility index (Phi) is 3.89. The van der Waals surface area contributed by atoms with Gasteiger partial charge in [0.05, 0.1) is 10.2 Å². The Morgan fingerprint density at radius 1 is 1.55 bits per heavy atom. The van der Waals surface area contributed by atoms with E-state index in [1.807, 2.05) is 13.1 Å².